The average molecular weight is 223 g/mol. The van der Waals surface area contributed by atoms with E-state index in [-0.39, 0.29) is 6.10 Å². The van der Waals surface area contributed by atoms with Crippen molar-refractivity contribution in [3.8, 4) is 0 Å². The molecule has 16 heavy (non-hydrogen) atoms. The van der Waals surface area contributed by atoms with Gasteiger partial charge in [0.25, 0.3) is 0 Å². The maximum absolute atomic E-state index is 12.9. The monoisotopic (exact) mass is 223 g/mol. The second kappa shape index (κ2) is 5.41. The fourth-order valence-electron chi connectivity index (χ4n) is 2.02. The molecular formula is C13H18FNO. The van der Waals surface area contributed by atoms with Crippen molar-refractivity contribution in [3.05, 3.63) is 35.4 Å². The zero-order valence-corrected chi connectivity index (χ0v) is 9.58. The first kappa shape index (κ1) is 11.6. The highest BCUT2D eigenvalue weighted by Gasteiger charge is 2.15. The Balaban J connectivity index is 2.08. The third-order valence-corrected chi connectivity index (χ3v) is 2.77. The van der Waals surface area contributed by atoms with Crippen molar-refractivity contribution in [1.29, 1.82) is 0 Å². The molecule has 0 aromatic heterocycles. The number of halogens is 1. The lowest BCUT2D eigenvalue weighted by atomic mass is 10.0. The van der Waals surface area contributed by atoms with E-state index in [0.29, 0.717) is 6.42 Å². The lowest BCUT2D eigenvalue weighted by molar-refractivity contribution is 0.0276. The van der Waals surface area contributed by atoms with Gasteiger partial charge in [-0.05, 0) is 18.1 Å². The van der Waals surface area contributed by atoms with E-state index in [4.69, 9.17) is 4.74 Å². The Morgan fingerprint density at radius 1 is 1.56 bits per heavy atom. The fourth-order valence-corrected chi connectivity index (χ4v) is 2.02. The lowest BCUT2D eigenvalue weighted by Crippen LogP contribution is -2.33. The normalized spacial score (nSPS) is 23.0. The van der Waals surface area contributed by atoms with E-state index in [1.807, 2.05) is 24.3 Å². The Hall–Kier alpha value is -0.930. The van der Waals surface area contributed by atoms with Gasteiger partial charge in [-0.3, -0.25) is 0 Å². The van der Waals surface area contributed by atoms with Gasteiger partial charge in [0, 0.05) is 19.5 Å². The third kappa shape index (κ3) is 3.03. The molecule has 0 bridgehead atoms. The second-order valence-corrected chi connectivity index (χ2v) is 4.29. The van der Waals surface area contributed by atoms with Gasteiger partial charge in [0.1, 0.15) is 6.17 Å². The molecule has 3 heteroatoms. The maximum atomic E-state index is 12.9. The smallest absolute Gasteiger partial charge is 0.101 e. The average Bonchev–Trinajstić information content (AvgIpc) is 2.30. The first-order valence-corrected chi connectivity index (χ1v) is 5.81. The summed E-state index contributed by atoms with van der Waals surface area (Å²) >= 11 is 0. The summed E-state index contributed by atoms with van der Waals surface area (Å²) < 4.78 is 18.6. The predicted molar refractivity (Wildman–Crippen MR) is 62.3 cm³/mol. The molecule has 0 saturated carbocycles. The van der Waals surface area contributed by atoms with Crippen LogP contribution in [0, 0.1) is 0 Å². The van der Waals surface area contributed by atoms with Crippen LogP contribution in [-0.4, -0.2) is 25.9 Å². The van der Waals surface area contributed by atoms with Crippen LogP contribution in [-0.2, 0) is 11.2 Å². The van der Waals surface area contributed by atoms with Crippen LogP contribution in [0.2, 0.25) is 0 Å². The second-order valence-electron chi connectivity index (χ2n) is 4.29. The Kier molecular flexibility index (Phi) is 3.91. The minimum atomic E-state index is -0.791. The summed E-state index contributed by atoms with van der Waals surface area (Å²) in [4.78, 5) is 0. The van der Waals surface area contributed by atoms with Gasteiger partial charge in [-0.1, -0.05) is 24.3 Å². The molecule has 1 saturated heterocycles. The summed E-state index contributed by atoms with van der Waals surface area (Å²) in [5.41, 5.74) is 2.19. The molecule has 1 N–H and O–H groups in total. The molecule has 1 fully saturated rings. The molecule has 2 unspecified atom stereocenters. The molecule has 88 valence electrons. The van der Waals surface area contributed by atoms with Gasteiger partial charge in [-0.25, -0.2) is 4.39 Å². The summed E-state index contributed by atoms with van der Waals surface area (Å²) in [7, 11) is 0. The van der Waals surface area contributed by atoms with Gasteiger partial charge >= 0.3 is 0 Å². The number of rotatable bonds is 3. The number of hydrogen-bond acceptors (Lipinski definition) is 2. The summed E-state index contributed by atoms with van der Waals surface area (Å²) in [6.07, 6.45) is -0.196. The number of ether oxygens (including phenoxy) is 1. The Bertz CT molecular complexity index is 334. The fraction of sp³-hybridized carbons (Fsp3) is 0.538. The van der Waals surface area contributed by atoms with Gasteiger partial charge in [-0.15, -0.1) is 0 Å². The molecule has 1 aliphatic heterocycles. The van der Waals surface area contributed by atoms with Crippen LogP contribution in [0.15, 0.2) is 24.3 Å². The Morgan fingerprint density at radius 3 is 3.12 bits per heavy atom. The molecule has 0 spiro atoms. The zero-order chi connectivity index (χ0) is 11.4. The summed E-state index contributed by atoms with van der Waals surface area (Å²) in [5, 5.41) is 3.29. The van der Waals surface area contributed by atoms with Crippen LogP contribution >= 0.6 is 0 Å². The standard InChI is InChI=1S/C13H18FNO/c1-10(14)7-11-3-2-4-12(8-11)13-9-15-5-6-16-13/h2-4,8,10,13,15H,5-7,9H2,1H3. The number of benzene rings is 1. The number of hydrogen-bond donors (Lipinski definition) is 1. The van der Waals surface area contributed by atoms with Crippen LogP contribution in [0.4, 0.5) is 4.39 Å². The number of nitrogens with one attached hydrogen (secondary N) is 1. The van der Waals surface area contributed by atoms with E-state index in [1.165, 1.54) is 0 Å². The summed E-state index contributed by atoms with van der Waals surface area (Å²) in [5.74, 6) is 0. The van der Waals surface area contributed by atoms with Gasteiger partial charge < -0.3 is 10.1 Å². The Morgan fingerprint density at radius 2 is 2.44 bits per heavy atom. The van der Waals surface area contributed by atoms with E-state index in [9.17, 15) is 4.39 Å². The van der Waals surface area contributed by atoms with E-state index < -0.39 is 6.17 Å². The summed E-state index contributed by atoms with van der Waals surface area (Å²) in [6, 6.07) is 8.04. The minimum absolute atomic E-state index is 0.114. The van der Waals surface area contributed by atoms with Crippen molar-refractivity contribution in [2.24, 2.45) is 0 Å². The molecule has 2 rings (SSSR count). The van der Waals surface area contributed by atoms with Gasteiger partial charge in [0.2, 0.25) is 0 Å². The SMILES string of the molecule is CC(F)Cc1cccc(C2CNCCO2)c1. The Labute approximate surface area is 95.8 Å². The molecule has 0 aliphatic carbocycles. The number of morpholine rings is 1. The van der Waals surface area contributed by atoms with Gasteiger partial charge in [0.15, 0.2) is 0 Å². The molecule has 0 radical (unpaired) electrons. The van der Waals surface area contributed by atoms with Gasteiger partial charge in [0.05, 0.1) is 12.7 Å². The van der Waals surface area contributed by atoms with Crippen molar-refractivity contribution >= 4 is 0 Å². The molecule has 1 heterocycles. The number of alkyl halides is 1. The van der Waals surface area contributed by atoms with Crippen molar-refractivity contribution < 1.29 is 9.13 Å². The lowest BCUT2D eigenvalue weighted by Gasteiger charge is -2.24. The molecule has 1 aliphatic rings. The van der Waals surface area contributed by atoms with Crippen LogP contribution in [0.3, 0.4) is 0 Å². The summed E-state index contributed by atoms with van der Waals surface area (Å²) in [6.45, 7) is 4.09. The molecule has 0 amide bonds. The zero-order valence-electron chi connectivity index (χ0n) is 9.58. The predicted octanol–water partition coefficient (Wildman–Crippen LogP) is 2.25. The topological polar surface area (TPSA) is 21.3 Å². The largest absolute Gasteiger partial charge is 0.371 e. The minimum Gasteiger partial charge on any atom is -0.371 e. The van der Waals surface area contributed by atoms with Crippen LogP contribution in [0.1, 0.15) is 24.2 Å². The van der Waals surface area contributed by atoms with E-state index in [2.05, 4.69) is 5.32 Å². The first-order valence-electron chi connectivity index (χ1n) is 5.81. The van der Waals surface area contributed by atoms with Gasteiger partial charge in [-0.2, -0.15) is 0 Å². The van der Waals surface area contributed by atoms with Crippen molar-refractivity contribution in [1.82, 2.24) is 5.32 Å². The molecule has 2 atom stereocenters. The molecule has 1 aromatic rings. The van der Waals surface area contributed by atoms with Crippen LogP contribution in [0.5, 0.6) is 0 Å². The molecule has 2 nitrogen and oxygen atoms in total. The van der Waals surface area contributed by atoms with Crippen molar-refractivity contribution in [3.63, 3.8) is 0 Å². The van der Waals surface area contributed by atoms with Crippen molar-refractivity contribution in [2.75, 3.05) is 19.7 Å². The highest BCUT2D eigenvalue weighted by Crippen LogP contribution is 2.20. The van der Waals surface area contributed by atoms with E-state index in [1.54, 1.807) is 6.92 Å². The highest BCUT2D eigenvalue weighted by molar-refractivity contribution is 5.26. The van der Waals surface area contributed by atoms with E-state index >= 15 is 0 Å². The van der Waals surface area contributed by atoms with Crippen molar-refractivity contribution in [2.45, 2.75) is 25.6 Å². The first-order chi connectivity index (χ1) is 7.75. The maximum Gasteiger partial charge on any atom is 0.101 e. The quantitative estimate of drug-likeness (QED) is 0.848. The third-order valence-electron chi connectivity index (χ3n) is 2.77. The molecular weight excluding hydrogens is 205 g/mol. The molecule has 1 aromatic carbocycles. The highest BCUT2D eigenvalue weighted by atomic mass is 19.1. The van der Waals surface area contributed by atoms with Crippen LogP contribution < -0.4 is 5.32 Å². The van der Waals surface area contributed by atoms with E-state index in [0.717, 1.165) is 30.8 Å². The van der Waals surface area contributed by atoms with Crippen LogP contribution in [0.25, 0.3) is 0 Å².